The minimum atomic E-state index is -1.26. The number of nitrogens with zero attached hydrogens (tertiary/aromatic N) is 1. The Morgan fingerprint density at radius 3 is 2.04 bits per heavy atom. The molecule has 0 spiro atoms. The summed E-state index contributed by atoms with van der Waals surface area (Å²) in [5, 5.41) is 25.1. The van der Waals surface area contributed by atoms with E-state index in [9.17, 15) is 14.7 Å². The van der Waals surface area contributed by atoms with Crippen molar-refractivity contribution in [3.63, 3.8) is 0 Å². The molecule has 0 saturated carbocycles. The summed E-state index contributed by atoms with van der Waals surface area (Å²) in [7, 11) is 4.21. The molecule has 142 valence electrons. The normalized spacial score (nSPS) is 12.7. The van der Waals surface area contributed by atoms with E-state index in [1.54, 1.807) is 6.07 Å². The predicted octanol–water partition coefficient (Wildman–Crippen LogP) is 1.97. The van der Waals surface area contributed by atoms with E-state index < -0.39 is 11.9 Å². The number of aromatic hydroxyl groups is 1. The molecule has 25 heavy (non-hydrogen) atoms. The highest BCUT2D eigenvalue weighted by Gasteiger charge is 2.18. The van der Waals surface area contributed by atoms with Gasteiger partial charge in [0.05, 0.1) is 0 Å². The van der Waals surface area contributed by atoms with Crippen LogP contribution in [0.4, 0.5) is 0 Å². The van der Waals surface area contributed by atoms with Crippen LogP contribution in [0.25, 0.3) is 0 Å². The summed E-state index contributed by atoms with van der Waals surface area (Å²) >= 11 is 0. The lowest BCUT2D eigenvalue weighted by atomic mass is 9.85. The molecule has 0 aliphatic heterocycles. The van der Waals surface area contributed by atoms with Gasteiger partial charge in [0.1, 0.15) is 5.75 Å². The average molecular weight is 355 g/mol. The Bertz CT molecular complexity index is 540. The summed E-state index contributed by atoms with van der Waals surface area (Å²) < 4.78 is 0. The fourth-order valence-electron chi connectivity index (χ4n) is 2.57. The molecule has 5 N–H and O–H groups in total. The van der Waals surface area contributed by atoms with Crippen LogP contribution in [0.15, 0.2) is 36.4 Å². The maximum atomic E-state index is 9.55. The van der Waals surface area contributed by atoms with E-state index in [0.717, 1.165) is 13.0 Å². The van der Waals surface area contributed by atoms with E-state index in [1.165, 1.54) is 5.56 Å². The Morgan fingerprint density at radius 1 is 1.16 bits per heavy atom. The number of carboxylic acids is 2. The lowest BCUT2D eigenvalue weighted by molar-refractivity contribution is -0.134. The van der Waals surface area contributed by atoms with Gasteiger partial charge in [-0.2, -0.15) is 0 Å². The molecule has 1 aromatic carbocycles. The van der Waals surface area contributed by atoms with Crippen LogP contribution >= 0.6 is 0 Å². The van der Waals surface area contributed by atoms with Gasteiger partial charge in [-0.1, -0.05) is 26.0 Å². The van der Waals surface area contributed by atoms with Crippen molar-refractivity contribution < 1.29 is 30.4 Å². The van der Waals surface area contributed by atoms with Crippen molar-refractivity contribution in [2.75, 3.05) is 20.6 Å². The zero-order valence-electron chi connectivity index (χ0n) is 15.1. The lowest BCUT2D eigenvalue weighted by Gasteiger charge is -2.26. The van der Waals surface area contributed by atoms with E-state index in [0.29, 0.717) is 29.7 Å². The van der Waals surface area contributed by atoms with Crippen molar-refractivity contribution in [1.82, 2.24) is 4.90 Å². The molecule has 0 amide bonds. The molecule has 0 bridgehead atoms. The summed E-state index contributed by atoms with van der Waals surface area (Å²) in [6.07, 6.45) is 2.23. The van der Waals surface area contributed by atoms with Crippen molar-refractivity contribution in [2.45, 2.75) is 26.2 Å². The van der Waals surface area contributed by atoms with Gasteiger partial charge >= 0.3 is 11.9 Å². The number of carbonyl (C=O) groups is 2. The van der Waals surface area contributed by atoms with E-state index in [1.807, 2.05) is 12.1 Å². The smallest absolute Gasteiger partial charge is 0.328 e. The Labute approximate surface area is 148 Å². The molecule has 2 atom stereocenters. The third kappa shape index (κ3) is 11.7. The molecule has 0 radical (unpaired) electrons. The van der Waals surface area contributed by atoms with Crippen molar-refractivity contribution in [3.05, 3.63) is 42.0 Å². The van der Waals surface area contributed by atoms with Gasteiger partial charge in [0.2, 0.25) is 0 Å². The summed E-state index contributed by atoms with van der Waals surface area (Å²) in [5.74, 6) is -1.02. The van der Waals surface area contributed by atoms with Gasteiger partial charge in [-0.3, -0.25) is 0 Å². The van der Waals surface area contributed by atoms with Crippen LogP contribution in [-0.2, 0) is 9.59 Å². The first-order valence-electron chi connectivity index (χ1n) is 7.74. The highest BCUT2D eigenvalue weighted by Crippen LogP contribution is 2.30. The summed E-state index contributed by atoms with van der Waals surface area (Å²) in [5.41, 5.74) is 1.25. The van der Waals surface area contributed by atoms with E-state index in [-0.39, 0.29) is 5.48 Å². The molecular formula is C18H29NO6. The second-order valence-corrected chi connectivity index (χ2v) is 5.86. The van der Waals surface area contributed by atoms with Crippen LogP contribution < -0.4 is 0 Å². The molecule has 7 heteroatoms. The highest BCUT2D eigenvalue weighted by atomic mass is 16.4. The van der Waals surface area contributed by atoms with E-state index in [4.69, 9.17) is 10.2 Å². The zero-order chi connectivity index (χ0) is 18.7. The standard InChI is InChI=1S/C14H23NO.C4H4O4.H2O/c1-5-14(11(2)10-15(3)4)12-7-6-8-13(16)9-12;5-3(6)1-2-4(7)8;/h6-9,11,14,16H,5,10H2,1-4H3;1-2H,(H,5,6)(H,7,8);1H2/b;2-1-;/t11-,14+;;/m0../s1. The van der Waals surface area contributed by atoms with Crippen LogP contribution in [0.1, 0.15) is 31.7 Å². The summed E-state index contributed by atoms with van der Waals surface area (Å²) in [6.45, 7) is 5.56. The third-order valence-corrected chi connectivity index (χ3v) is 3.45. The first-order chi connectivity index (χ1) is 11.2. The highest BCUT2D eigenvalue weighted by molar-refractivity contribution is 5.89. The lowest BCUT2D eigenvalue weighted by Crippen LogP contribution is -2.24. The topological polar surface area (TPSA) is 130 Å². The second kappa shape index (κ2) is 13.0. The Morgan fingerprint density at radius 2 is 1.68 bits per heavy atom. The van der Waals surface area contributed by atoms with Gasteiger partial charge in [-0.05, 0) is 50.0 Å². The minimum absolute atomic E-state index is 0. The van der Waals surface area contributed by atoms with E-state index in [2.05, 4.69) is 38.9 Å². The summed E-state index contributed by atoms with van der Waals surface area (Å²) in [4.78, 5) is 21.3. The van der Waals surface area contributed by atoms with Crippen molar-refractivity contribution >= 4 is 11.9 Å². The van der Waals surface area contributed by atoms with Crippen LogP contribution in [0.5, 0.6) is 5.75 Å². The number of aliphatic carboxylic acids is 2. The molecule has 7 nitrogen and oxygen atoms in total. The van der Waals surface area contributed by atoms with Gasteiger partial charge in [0.25, 0.3) is 0 Å². The number of carboxylic acid groups (broad SMARTS) is 2. The predicted molar refractivity (Wildman–Crippen MR) is 96.9 cm³/mol. The summed E-state index contributed by atoms with van der Waals surface area (Å²) in [6, 6.07) is 7.66. The largest absolute Gasteiger partial charge is 0.508 e. The SMILES string of the molecule is CC[C@@H](c1cccc(O)c1)[C@@H](C)CN(C)C.O.O=C(O)/C=C\C(=O)O. The number of phenolic OH excluding ortho intramolecular Hbond substituents is 1. The van der Waals surface area contributed by atoms with Crippen molar-refractivity contribution in [2.24, 2.45) is 5.92 Å². The average Bonchev–Trinajstić information content (AvgIpc) is 2.46. The molecule has 0 unspecified atom stereocenters. The van der Waals surface area contributed by atoms with Crippen LogP contribution in [-0.4, -0.2) is 58.3 Å². The van der Waals surface area contributed by atoms with Crippen LogP contribution in [0.2, 0.25) is 0 Å². The Hall–Kier alpha value is -2.38. The van der Waals surface area contributed by atoms with Gasteiger partial charge in [-0.15, -0.1) is 0 Å². The number of phenols is 1. The maximum Gasteiger partial charge on any atom is 0.328 e. The molecule has 0 aliphatic rings. The molecule has 1 aromatic rings. The molecule has 1 rings (SSSR count). The quantitative estimate of drug-likeness (QED) is 0.641. The Kier molecular flexibility index (Phi) is 12.9. The first kappa shape index (κ1) is 24.9. The molecular weight excluding hydrogens is 326 g/mol. The van der Waals surface area contributed by atoms with Gasteiger partial charge < -0.3 is 25.7 Å². The maximum absolute atomic E-state index is 9.55. The van der Waals surface area contributed by atoms with E-state index >= 15 is 0 Å². The molecule has 0 saturated heterocycles. The number of hydrogen-bond acceptors (Lipinski definition) is 4. The monoisotopic (exact) mass is 355 g/mol. The molecule has 0 heterocycles. The van der Waals surface area contributed by atoms with Gasteiger partial charge in [0.15, 0.2) is 0 Å². The Balaban J connectivity index is 0. The van der Waals surface area contributed by atoms with Crippen LogP contribution in [0, 0.1) is 5.92 Å². The van der Waals surface area contributed by atoms with Crippen molar-refractivity contribution in [1.29, 1.82) is 0 Å². The molecule has 0 fully saturated rings. The van der Waals surface area contributed by atoms with Crippen molar-refractivity contribution in [3.8, 4) is 5.75 Å². The fourth-order valence-corrected chi connectivity index (χ4v) is 2.57. The minimum Gasteiger partial charge on any atom is -0.508 e. The number of rotatable bonds is 7. The number of benzene rings is 1. The fraction of sp³-hybridized carbons (Fsp3) is 0.444. The first-order valence-corrected chi connectivity index (χ1v) is 7.74. The molecule has 0 aliphatic carbocycles. The third-order valence-electron chi connectivity index (χ3n) is 3.45. The second-order valence-electron chi connectivity index (χ2n) is 5.86. The van der Waals surface area contributed by atoms with Gasteiger partial charge in [0, 0.05) is 18.7 Å². The van der Waals surface area contributed by atoms with Crippen LogP contribution in [0.3, 0.4) is 0 Å². The van der Waals surface area contributed by atoms with Gasteiger partial charge in [-0.25, -0.2) is 9.59 Å². The number of hydrogen-bond donors (Lipinski definition) is 3. The molecule has 0 aromatic heterocycles. The zero-order valence-corrected chi connectivity index (χ0v) is 15.1.